The Morgan fingerprint density at radius 2 is 1.33 bits per heavy atom. The van der Waals surface area contributed by atoms with Crippen LogP contribution in [0.5, 0.6) is 0 Å². The summed E-state index contributed by atoms with van der Waals surface area (Å²) in [5.41, 5.74) is 12.8. The van der Waals surface area contributed by atoms with Gasteiger partial charge in [0.2, 0.25) is 0 Å². The fraction of sp³-hybridized carbons (Fsp3) is 0.148. The molecule has 0 aliphatic rings. The molecule has 0 aliphatic heterocycles. The van der Waals surface area contributed by atoms with Gasteiger partial charge in [0.15, 0.2) is 0 Å². The average molecular weight is 395 g/mol. The number of hydrogen-bond acceptors (Lipinski definition) is 1. The molecule has 0 fully saturated rings. The normalized spacial score (nSPS) is 10.8. The third-order valence-electron chi connectivity index (χ3n) is 5.57. The molecule has 30 heavy (non-hydrogen) atoms. The van der Waals surface area contributed by atoms with Gasteiger partial charge in [0.25, 0.3) is 5.91 Å². The van der Waals surface area contributed by atoms with Gasteiger partial charge in [-0.15, -0.1) is 0 Å². The standard InChI is InChI=1S/C27H26N2O/c1-20-24(27(28)30)25(22-15-7-3-8-16-22)26(23-17-9-4-10-18-23)29(20)19-11-14-21-12-5-2-6-13-21/h2-10,12-13,15-18H,11,14,19H2,1H3,(H2,28,30). The van der Waals surface area contributed by atoms with E-state index in [4.69, 9.17) is 5.73 Å². The maximum Gasteiger partial charge on any atom is 0.251 e. The number of aryl methyl sites for hydroxylation is 1. The van der Waals surface area contributed by atoms with Crippen LogP contribution in [0.4, 0.5) is 0 Å². The van der Waals surface area contributed by atoms with Gasteiger partial charge in [-0.3, -0.25) is 4.79 Å². The minimum Gasteiger partial charge on any atom is -0.366 e. The Balaban J connectivity index is 1.83. The molecule has 1 heterocycles. The number of carbonyl (C=O) groups excluding carboxylic acids is 1. The highest BCUT2D eigenvalue weighted by Crippen LogP contribution is 2.39. The maximum absolute atomic E-state index is 12.5. The Hall–Kier alpha value is -3.59. The highest BCUT2D eigenvalue weighted by molar-refractivity contribution is 6.05. The second kappa shape index (κ2) is 8.83. The molecule has 1 amide bonds. The van der Waals surface area contributed by atoms with E-state index < -0.39 is 0 Å². The molecular formula is C27H26N2O. The van der Waals surface area contributed by atoms with Gasteiger partial charge >= 0.3 is 0 Å². The molecule has 3 heteroatoms. The van der Waals surface area contributed by atoms with Crippen molar-refractivity contribution in [2.45, 2.75) is 26.3 Å². The Kier molecular flexibility index (Phi) is 5.80. The molecule has 0 bridgehead atoms. The molecule has 0 aliphatic carbocycles. The van der Waals surface area contributed by atoms with Gasteiger partial charge in [-0.1, -0.05) is 91.0 Å². The summed E-state index contributed by atoms with van der Waals surface area (Å²) in [5.74, 6) is -0.384. The SMILES string of the molecule is Cc1c(C(N)=O)c(-c2ccccc2)c(-c2ccccc2)n1CCCc1ccccc1. The summed E-state index contributed by atoms with van der Waals surface area (Å²) in [4.78, 5) is 12.5. The van der Waals surface area contributed by atoms with Crippen LogP contribution < -0.4 is 5.73 Å². The summed E-state index contributed by atoms with van der Waals surface area (Å²) in [6, 6.07) is 30.8. The first-order chi connectivity index (χ1) is 14.7. The quantitative estimate of drug-likeness (QED) is 0.419. The van der Waals surface area contributed by atoms with Crippen LogP contribution in [0, 0.1) is 6.92 Å². The number of aromatic nitrogens is 1. The summed E-state index contributed by atoms with van der Waals surface area (Å²) < 4.78 is 2.26. The Morgan fingerprint density at radius 3 is 1.90 bits per heavy atom. The van der Waals surface area contributed by atoms with Gasteiger partial charge in [-0.2, -0.15) is 0 Å². The zero-order chi connectivity index (χ0) is 20.9. The lowest BCUT2D eigenvalue weighted by Crippen LogP contribution is -2.13. The second-order valence-corrected chi connectivity index (χ2v) is 7.52. The first-order valence-electron chi connectivity index (χ1n) is 10.3. The van der Waals surface area contributed by atoms with Gasteiger partial charge in [0, 0.05) is 17.8 Å². The molecule has 4 rings (SSSR count). The molecule has 3 nitrogen and oxygen atoms in total. The highest BCUT2D eigenvalue weighted by Gasteiger charge is 2.25. The average Bonchev–Trinajstić information content (AvgIpc) is 3.08. The molecule has 1 aromatic heterocycles. The summed E-state index contributed by atoms with van der Waals surface area (Å²) in [6.07, 6.45) is 1.96. The minimum absolute atomic E-state index is 0.384. The number of benzene rings is 3. The van der Waals surface area contributed by atoms with E-state index in [1.807, 2.05) is 61.5 Å². The van der Waals surface area contributed by atoms with Crippen molar-refractivity contribution in [3.63, 3.8) is 0 Å². The maximum atomic E-state index is 12.5. The van der Waals surface area contributed by atoms with Crippen LogP contribution in [0.15, 0.2) is 91.0 Å². The molecule has 0 radical (unpaired) electrons. The topological polar surface area (TPSA) is 48.0 Å². The van der Waals surface area contributed by atoms with Crippen LogP contribution in [0.25, 0.3) is 22.4 Å². The zero-order valence-corrected chi connectivity index (χ0v) is 17.2. The lowest BCUT2D eigenvalue weighted by Gasteiger charge is -2.14. The monoisotopic (exact) mass is 394 g/mol. The number of rotatable bonds is 7. The number of primary amides is 1. The molecular weight excluding hydrogens is 368 g/mol. The van der Waals surface area contributed by atoms with Crippen molar-refractivity contribution in [3.05, 3.63) is 108 Å². The third-order valence-corrected chi connectivity index (χ3v) is 5.57. The minimum atomic E-state index is -0.384. The Bertz CT molecular complexity index is 1130. The summed E-state index contributed by atoms with van der Waals surface area (Å²) >= 11 is 0. The fourth-order valence-electron chi connectivity index (χ4n) is 4.19. The van der Waals surface area contributed by atoms with E-state index in [-0.39, 0.29) is 5.91 Å². The second-order valence-electron chi connectivity index (χ2n) is 7.52. The first kappa shape index (κ1) is 19.7. The van der Waals surface area contributed by atoms with E-state index in [0.29, 0.717) is 5.56 Å². The van der Waals surface area contributed by atoms with Gasteiger partial charge in [0.05, 0.1) is 11.3 Å². The van der Waals surface area contributed by atoms with Crippen molar-refractivity contribution in [2.24, 2.45) is 5.73 Å². The fourth-order valence-corrected chi connectivity index (χ4v) is 4.19. The lowest BCUT2D eigenvalue weighted by molar-refractivity contribution is 0.1000. The van der Waals surface area contributed by atoms with Crippen LogP contribution in [-0.2, 0) is 13.0 Å². The molecule has 2 N–H and O–H groups in total. The van der Waals surface area contributed by atoms with Crippen LogP contribution >= 0.6 is 0 Å². The number of nitrogens with zero attached hydrogens (tertiary/aromatic N) is 1. The highest BCUT2D eigenvalue weighted by atomic mass is 16.1. The van der Waals surface area contributed by atoms with E-state index in [1.165, 1.54) is 5.56 Å². The lowest BCUT2D eigenvalue weighted by atomic mass is 9.96. The van der Waals surface area contributed by atoms with E-state index in [9.17, 15) is 4.79 Å². The van der Waals surface area contributed by atoms with Crippen molar-refractivity contribution in [1.82, 2.24) is 4.57 Å². The van der Waals surface area contributed by atoms with Gasteiger partial charge in [0.1, 0.15) is 0 Å². The number of amides is 1. The molecule has 3 aromatic carbocycles. The smallest absolute Gasteiger partial charge is 0.251 e. The molecule has 0 atom stereocenters. The van der Waals surface area contributed by atoms with E-state index >= 15 is 0 Å². The molecule has 0 saturated heterocycles. The molecule has 0 unspecified atom stereocenters. The van der Waals surface area contributed by atoms with Crippen LogP contribution in [0.3, 0.4) is 0 Å². The van der Waals surface area contributed by atoms with E-state index in [1.54, 1.807) is 0 Å². The summed E-state index contributed by atoms with van der Waals surface area (Å²) in [5, 5.41) is 0. The largest absolute Gasteiger partial charge is 0.366 e. The predicted octanol–water partition coefficient (Wildman–Crippen LogP) is 5.86. The Morgan fingerprint density at radius 1 is 0.800 bits per heavy atom. The van der Waals surface area contributed by atoms with Gasteiger partial charge in [-0.05, 0) is 36.5 Å². The number of nitrogens with two attached hydrogens (primary N) is 1. The van der Waals surface area contributed by atoms with Crippen LogP contribution in [-0.4, -0.2) is 10.5 Å². The van der Waals surface area contributed by atoms with E-state index in [0.717, 1.165) is 47.5 Å². The van der Waals surface area contributed by atoms with Gasteiger partial charge < -0.3 is 10.3 Å². The molecule has 0 saturated carbocycles. The van der Waals surface area contributed by atoms with Crippen molar-refractivity contribution < 1.29 is 4.79 Å². The van der Waals surface area contributed by atoms with Crippen molar-refractivity contribution >= 4 is 5.91 Å². The summed E-state index contributed by atoms with van der Waals surface area (Å²) in [7, 11) is 0. The number of carbonyl (C=O) groups is 1. The summed E-state index contributed by atoms with van der Waals surface area (Å²) in [6.45, 7) is 2.82. The molecule has 0 spiro atoms. The van der Waals surface area contributed by atoms with Crippen LogP contribution in [0.2, 0.25) is 0 Å². The van der Waals surface area contributed by atoms with Gasteiger partial charge in [-0.25, -0.2) is 0 Å². The van der Waals surface area contributed by atoms with Crippen molar-refractivity contribution in [3.8, 4) is 22.4 Å². The van der Waals surface area contributed by atoms with Crippen molar-refractivity contribution in [2.75, 3.05) is 0 Å². The Labute approximate surface area is 177 Å². The third kappa shape index (κ3) is 3.92. The van der Waals surface area contributed by atoms with Crippen LogP contribution in [0.1, 0.15) is 28.0 Å². The predicted molar refractivity (Wildman–Crippen MR) is 123 cm³/mol. The molecule has 150 valence electrons. The number of hydrogen-bond donors (Lipinski definition) is 1. The molecule has 4 aromatic rings. The zero-order valence-electron chi connectivity index (χ0n) is 17.2. The van der Waals surface area contributed by atoms with E-state index in [2.05, 4.69) is 41.0 Å². The van der Waals surface area contributed by atoms with Crippen molar-refractivity contribution in [1.29, 1.82) is 0 Å². The first-order valence-corrected chi connectivity index (χ1v) is 10.3.